The van der Waals surface area contributed by atoms with Crippen LogP contribution in [0, 0.1) is 0 Å². The molecule has 0 saturated carbocycles. The molecule has 0 bridgehead atoms. The molecule has 7 heteroatoms. The summed E-state index contributed by atoms with van der Waals surface area (Å²) in [7, 11) is 0. The summed E-state index contributed by atoms with van der Waals surface area (Å²) in [5, 5.41) is 0. The summed E-state index contributed by atoms with van der Waals surface area (Å²) in [6.45, 7) is 0. The Morgan fingerprint density at radius 1 is 1.16 bits per heavy atom. The molecule has 0 aliphatic heterocycles. The summed E-state index contributed by atoms with van der Waals surface area (Å²) in [6.07, 6.45) is -0.759. The number of hydrogen-bond acceptors (Lipinski definition) is 3. The molecule has 0 radical (unpaired) electrons. The van der Waals surface area contributed by atoms with Crippen LogP contribution in [0.4, 0.5) is 13.2 Å². The number of halogens is 4. The van der Waals surface area contributed by atoms with Crippen LogP contribution in [-0.2, 0) is 6.18 Å². The maximum absolute atomic E-state index is 12.6. The number of aromatic nitrogens is 2. The molecule has 1 aromatic heterocycles. The summed E-state index contributed by atoms with van der Waals surface area (Å²) in [5.41, 5.74) is -0.831. The van der Waals surface area contributed by atoms with Crippen molar-refractivity contribution >= 4 is 21.7 Å². The molecule has 0 spiro atoms. The van der Waals surface area contributed by atoms with E-state index in [0.29, 0.717) is 0 Å². The van der Waals surface area contributed by atoms with Crippen LogP contribution >= 0.6 is 15.9 Å². The van der Waals surface area contributed by atoms with Crippen molar-refractivity contribution in [2.75, 3.05) is 0 Å². The molecule has 0 aliphatic carbocycles. The predicted molar refractivity (Wildman–Crippen MR) is 64.6 cm³/mol. The number of nitrogens with zero attached hydrogens (tertiary/aromatic N) is 2. The molecular weight excluding hydrogens is 325 g/mol. The normalized spacial score (nSPS) is 11.4. The molecule has 0 aliphatic rings. The van der Waals surface area contributed by atoms with Crippen molar-refractivity contribution in [2.45, 2.75) is 6.18 Å². The topological polar surface area (TPSA) is 42.9 Å². The van der Waals surface area contributed by atoms with E-state index in [1.54, 1.807) is 0 Å². The van der Waals surface area contributed by atoms with Crippen LogP contribution in [-0.4, -0.2) is 15.8 Å². The first-order chi connectivity index (χ1) is 8.89. The van der Waals surface area contributed by atoms with Gasteiger partial charge in [-0.05, 0) is 18.2 Å². The van der Waals surface area contributed by atoms with Crippen LogP contribution in [0.25, 0.3) is 0 Å². The van der Waals surface area contributed by atoms with Crippen LogP contribution in [0.2, 0.25) is 0 Å². The first kappa shape index (κ1) is 13.7. The van der Waals surface area contributed by atoms with Crippen molar-refractivity contribution in [1.29, 1.82) is 0 Å². The Labute approximate surface area is 114 Å². The van der Waals surface area contributed by atoms with Crippen LogP contribution < -0.4 is 0 Å². The van der Waals surface area contributed by atoms with E-state index in [9.17, 15) is 18.0 Å². The number of hydrogen-bond donors (Lipinski definition) is 0. The highest BCUT2D eigenvalue weighted by Crippen LogP contribution is 2.32. The molecule has 0 unspecified atom stereocenters. The second kappa shape index (κ2) is 5.08. The maximum Gasteiger partial charge on any atom is 0.416 e. The molecule has 2 aromatic rings. The third-order valence-electron chi connectivity index (χ3n) is 2.36. The zero-order chi connectivity index (χ0) is 14.0. The first-order valence-electron chi connectivity index (χ1n) is 5.06. The van der Waals surface area contributed by atoms with E-state index in [1.165, 1.54) is 24.8 Å². The van der Waals surface area contributed by atoms with Gasteiger partial charge in [-0.25, -0.2) is 9.97 Å². The average Bonchev–Trinajstić information content (AvgIpc) is 2.38. The van der Waals surface area contributed by atoms with E-state index in [-0.39, 0.29) is 15.6 Å². The average molecular weight is 331 g/mol. The standard InChI is InChI=1S/C12H6BrF3N2O/c13-10-2-1-8(12(14,15)16)3-9(10)11(19)7-4-17-6-18-5-7/h1-6H. The zero-order valence-electron chi connectivity index (χ0n) is 9.28. The molecule has 0 fully saturated rings. The number of ketones is 1. The molecule has 0 atom stereocenters. The highest BCUT2D eigenvalue weighted by atomic mass is 79.9. The fourth-order valence-electron chi connectivity index (χ4n) is 1.45. The Kier molecular flexibility index (Phi) is 3.66. The Bertz CT molecular complexity index is 614. The number of carbonyl (C=O) groups is 1. The molecule has 98 valence electrons. The minimum Gasteiger partial charge on any atom is -0.288 e. The smallest absolute Gasteiger partial charge is 0.288 e. The van der Waals surface area contributed by atoms with Crippen molar-refractivity contribution in [1.82, 2.24) is 9.97 Å². The van der Waals surface area contributed by atoms with E-state index >= 15 is 0 Å². The zero-order valence-corrected chi connectivity index (χ0v) is 10.9. The van der Waals surface area contributed by atoms with E-state index < -0.39 is 17.5 Å². The van der Waals surface area contributed by atoms with Gasteiger partial charge in [0.2, 0.25) is 0 Å². The number of benzene rings is 1. The fourth-order valence-corrected chi connectivity index (χ4v) is 1.87. The van der Waals surface area contributed by atoms with Gasteiger partial charge in [-0.2, -0.15) is 13.2 Å². The fraction of sp³-hybridized carbons (Fsp3) is 0.0833. The lowest BCUT2D eigenvalue weighted by molar-refractivity contribution is -0.137. The van der Waals surface area contributed by atoms with Gasteiger partial charge in [0, 0.05) is 22.4 Å². The first-order valence-corrected chi connectivity index (χ1v) is 5.85. The van der Waals surface area contributed by atoms with E-state index in [1.807, 2.05) is 0 Å². The van der Waals surface area contributed by atoms with Gasteiger partial charge < -0.3 is 0 Å². The summed E-state index contributed by atoms with van der Waals surface area (Å²) < 4.78 is 38.1. The lowest BCUT2D eigenvalue weighted by Crippen LogP contribution is -2.09. The molecule has 0 amide bonds. The minimum absolute atomic E-state index is 0.0791. The quantitative estimate of drug-likeness (QED) is 0.791. The molecule has 19 heavy (non-hydrogen) atoms. The van der Waals surface area contributed by atoms with Gasteiger partial charge in [-0.1, -0.05) is 15.9 Å². The number of alkyl halides is 3. The number of rotatable bonds is 2. The van der Waals surface area contributed by atoms with E-state index in [0.717, 1.165) is 12.1 Å². The van der Waals surface area contributed by atoms with Crippen molar-refractivity contribution in [3.8, 4) is 0 Å². The van der Waals surface area contributed by atoms with Gasteiger partial charge in [0.1, 0.15) is 6.33 Å². The van der Waals surface area contributed by atoms with E-state index in [2.05, 4.69) is 25.9 Å². The summed E-state index contributed by atoms with van der Waals surface area (Å²) in [5.74, 6) is -0.571. The van der Waals surface area contributed by atoms with Crippen LogP contribution in [0.15, 0.2) is 41.4 Å². The third kappa shape index (κ3) is 2.98. The Morgan fingerprint density at radius 3 is 2.37 bits per heavy atom. The van der Waals surface area contributed by atoms with E-state index in [4.69, 9.17) is 0 Å². The lowest BCUT2D eigenvalue weighted by atomic mass is 10.0. The monoisotopic (exact) mass is 330 g/mol. The molecule has 0 N–H and O–H groups in total. The van der Waals surface area contributed by atoms with Crippen molar-refractivity contribution < 1.29 is 18.0 Å². The van der Waals surface area contributed by atoms with Gasteiger partial charge in [0.15, 0.2) is 5.78 Å². The summed E-state index contributed by atoms with van der Waals surface area (Å²) >= 11 is 3.07. The maximum atomic E-state index is 12.6. The Morgan fingerprint density at radius 2 is 1.79 bits per heavy atom. The van der Waals surface area contributed by atoms with Crippen molar-refractivity contribution in [2.24, 2.45) is 0 Å². The second-order valence-electron chi connectivity index (χ2n) is 3.65. The molecule has 1 heterocycles. The van der Waals surface area contributed by atoms with Gasteiger partial charge >= 0.3 is 6.18 Å². The summed E-state index contributed by atoms with van der Waals surface area (Å²) in [6, 6.07) is 2.90. The van der Waals surface area contributed by atoms with Gasteiger partial charge in [-0.3, -0.25) is 4.79 Å². The SMILES string of the molecule is O=C(c1cncnc1)c1cc(C(F)(F)F)ccc1Br. The second-order valence-corrected chi connectivity index (χ2v) is 4.50. The molecule has 3 nitrogen and oxygen atoms in total. The molecule has 1 aromatic carbocycles. The minimum atomic E-state index is -4.50. The third-order valence-corrected chi connectivity index (χ3v) is 3.05. The largest absolute Gasteiger partial charge is 0.416 e. The highest BCUT2D eigenvalue weighted by molar-refractivity contribution is 9.10. The van der Waals surface area contributed by atoms with Crippen molar-refractivity contribution in [3.63, 3.8) is 0 Å². The lowest BCUT2D eigenvalue weighted by Gasteiger charge is -2.09. The van der Waals surface area contributed by atoms with Gasteiger partial charge in [0.05, 0.1) is 11.1 Å². The Hall–Kier alpha value is -1.76. The Balaban J connectivity index is 2.48. The van der Waals surface area contributed by atoms with Crippen LogP contribution in [0.1, 0.15) is 21.5 Å². The molecular formula is C12H6BrF3N2O. The summed E-state index contributed by atoms with van der Waals surface area (Å²) in [4.78, 5) is 19.4. The molecule has 0 saturated heterocycles. The van der Waals surface area contributed by atoms with Crippen molar-refractivity contribution in [3.05, 3.63) is 58.1 Å². The number of carbonyl (C=O) groups excluding carboxylic acids is 1. The van der Waals surface area contributed by atoms with Gasteiger partial charge in [-0.15, -0.1) is 0 Å². The van der Waals surface area contributed by atoms with Gasteiger partial charge in [0.25, 0.3) is 0 Å². The highest BCUT2D eigenvalue weighted by Gasteiger charge is 2.31. The predicted octanol–water partition coefficient (Wildman–Crippen LogP) is 3.49. The molecule has 2 rings (SSSR count). The van der Waals surface area contributed by atoms with Crippen LogP contribution in [0.3, 0.4) is 0 Å². The van der Waals surface area contributed by atoms with Crippen LogP contribution in [0.5, 0.6) is 0 Å².